The second-order valence-electron chi connectivity index (χ2n) is 1.85. The van der Waals surface area contributed by atoms with Crippen molar-refractivity contribution in [2.45, 2.75) is 5.03 Å². The summed E-state index contributed by atoms with van der Waals surface area (Å²) in [5.41, 5.74) is 0. The highest BCUT2D eigenvalue weighted by Crippen LogP contribution is 2.05. The van der Waals surface area contributed by atoms with Crippen molar-refractivity contribution in [2.24, 2.45) is 7.05 Å². The number of aromatic nitrogens is 1. The van der Waals surface area contributed by atoms with Gasteiger partial charge in [-0.05, 0) is 12.3 Å². The van der Waals surface area contributed by atoms with Gasteiger partial charge in [-0.2, -0.15) is 4.57 Å². The van der Waals surface area contributed by atoms with Crippen LogP contribution >= 0.6 is 11.8 Å². The largest absolute Gasteiger partial charge is 0.239 e. The third-order valence-electron chi connectivity index (χ3n) is 1.22. The van der Waals surface area contributed by atoms with Crippen LogP contribution in [-0.2, 0) is 7.05 Å². The van der Waals surface area contributed by atoms with Gasteiger partial charge in [-0.25, -0.2) is 0 Å². The van der Waals surface area contributed by atoms with Gasteiger partial charge in [0.25, 0.3) is 0 Å². The Bertz CT molecular complexity index is 198. The highest BCUT2D eigenvalue weighted by Gasteiger charge is 1.98. The second kappa shape index (κ2) is 2.87. The molecule has 0 radical (unpaired) electrons. The lowest BCUT2D eigenvalue weighted by molar-refractivity contribution is -0.708. The molecule has 0 aliphatic rings. The van der Waals surface area contributed by atoms with Crippen molar-refractivity contribution in [3.63, 3.8) is 0 Å². The molecule has 0 unspecified atom stereocenters. The van der Waals surface area contributed by atoms with Crippen LogP contribution in [0.25, 0.3) is 0 Å². The van der Waals surface area contributed by atoms with Crippen molar-refractivity contribution in [1.82, 2.24) is 0 Å². The van der Waals surface area contributed by atoms with Crippen LogP contribution in [0.5, 0.6) is 0 Å². The van der Waals surface area contributed by atoms with E-state index >= 15 is 0 Å². The highest BCUT2D eigenvalue weighted by atomic mass is 32.2. The van der Waals surface area contributed by atoms with Gasteiger partial charge in [0, 0.05) is 12.1 Å². The van der Waals surface area contributed by atoms with Gasteiger partial charge in [-0.1, -0.05) is 11.8 Å². The molecule has 0 amide bonds. The summed E-state index contributed by atoms with van der Waals surface area (Å²) in [7, 11) is 2.05. The third-order valence-corrected chi connectivity index (χ3v) is 2.06. The zero-order valence-corrected chi connectivity index (χ0v) is 6.48. The number of hydrogen-bond donors (Lipinski definition) is 0. The summed E-state index contributed by atoms with van der Waals surface area (Å²) in [6.07, 6.45) is 4.13. The Kier molecular flexibility index (Phi) is 2.11. The zero-order chi connectivity index (χ0) is 6.69. The van der Waals surface area contributed by atoms with Crippen molar-refractivity contribution in [1.29, 1.82) is 0 Å². The summed E-state index contributed by atoms with van der Waals surface area (Å²) in [6.45, 7) is 0. The van der Waals surface area contributed by atoms with E-state index in [0.717, 1.165) is 0 Å². The average molecular weight is 140 g/mol. The average Bonchev–Trinajstić information content (AvgIpc) is 1.89. The summed E-state index contributed by atoms with van der Waals surface area (Å²) in [6, 6.07) is 6.18. The van der Waals surface area contributed by atoms with Gasteiger partial charge in [-0.3, -0.25) is 0 Å². The molecular formula is C7H10NS+. The van der Waals surface area contributed by atoms with Gasteiger partial charge in [0.15, 0.2) is 6.20 Å². The minimum Gasteiger partial charge on any atom is -0.196 e. The predicted octanol–water partition coefficient (Wildman–Crippen LogP) is 1.23. The lowest BCUT2D eigenvalue weighted by Gasteiger charge is -1.91. The fourth-order valence-electron chi connectivity index (χ4n) is 0.720. The summed E-state index contributed by atoms with van der Waals surface area (Å²) in [5.74, 6) is 0. The Labute approximate surface area is 59.7 Å². The minimum absolute atomic E-state index is 1.29. The minimum atomic E-state index is 1.29. The molecule has 1 aromatic heterocycles. The van der Waals surface area contributed by atoms with Crippen molar-refractivity contribution >= 4 is 11.8 Å². The van der Waals surface area contributed by atoms with E-state index in [-0.39, 0.29) is 0 Å². The van der Waals surface area contributed by atoms with E-state index < -0.39 is 0 Å². The van der Waals surface area contributed by atoms with Crippen LogP contribution in [0.3, 0.4) is 0 Å². The van der Waals surface area contributed by atoms with Gasteiger partial charge < -0.3 is 0 Å². The first-order valence-electron chi connectivity index (χ1n) is 2.83. The molecule has 0 aromatic carbocycles. The Morgan fingerprint density at radius 2 is 2.22 bits per heavy atom. The molecule has 9 heavy (non-hydrogen) atoms. The molecule has 1 nitrogen and oxygen atoms in total. The monoisotopic (exact) mass is 140 g/mol. The topological polar surface area (TPSA) is 3.88 Å². The van der Waals surface area contributed by atoms with Crippen LogP contribution in [0.15, 0.2) is 29.4 Å². The first-order valence-corrected chi connectivity index (χ1v) is 4.05. The van der Waals surface area contributed by atoms with E-state index in [1.807, 2.05) is 25.4 Å². The van der Waals surface area contributed by atoms with E-state index in [4.69, 9.17) is 0 Å². The van der Waals surface area contributed by atoms with Gasteiger partial charge in [0.2, 0.25) is 5.03 Å². The standard InChI is InChI=1S/C7H10NS/c1-8-6-4-3-5-7(8)9-2/h3-6H,1-2H3/q+1. The van der Waals surface area contributed by atoms with E-state index in [1.165, 1.54) is 5.03 Å². The number of rotatable bonds is 1. The van der Waals surface area contributed by atoms with E-state index in [2.05, 4.69) is 16.9 Å². The molecule has 1 rings (SSSR count). The van der Waals surface area contributed by atoms with Crippen LogP contribution in [0, 0.1) is 0 Å². The molecule has 2 heteroatoms. The molecule has 48 valence electrons. The Morgan fingerprint density at radius 3 is 2.67 bits per heavy atom. The van der Waals surface area contributed by atoms with Crippen molar-refractivity contribution in [3.05, 3.63) is 24.4 Å². The molecule has 0 spiro atoms. The Balaban J connectivity index is 3.01. The Hall–Kier alpha value is -0.500. The molecule has 0 bridgehead atoms. The summed E-state index contributed by atoms with van der Waals surface area (Å²) >= 11 is 1.76. The number of nitrogens with zero attached hydrogens (tertiary/aromatic N) is 1. The van der Waals surface area contributed by atoms with E-state index in [9.17, 15) is 0 Å². The summed E-state index contributed by atoms with van der Waals surface area (Å²) in [5, 5.41) is 1.29. The van der Waals surface area contributed by atoms with Gasteiger partial charge in [0.1, 0.15) is 7.05 Å². The number of hydrogen-bond acceptors (Lipinski definition) is 1. The molecule has 0 aliphatic carbocycles. The summed E-state index contributed by atoms with van der Waals surface area (Å²) < 4.78 is 2.10. The smallest absolute Gasteiger partial charge is 0.196 e. The normalized spacial score (nSPS) is 9.56. The number of thioether (sulfide) groups is 1. The number of pyridine rings is 1. The molecule has 0 N–H and O–H groups in total. The lowest BCUT2D eigenvalue weighted by atomic mass is 10.5. The van der Waals surface area contributed by atoms with Crippen LogP contribution < -0.4 is 4.57 Å². The predicted molar refractivity (Wildman–Crippen MR) is 39.4 cm³/mol. The first-order chi connectivity index (χ1) is 4.34. The Morgan fingerprint density at radius 1 is 1.44 bits per heavy atom. The van der Waals surface area contributed by atoms with Crippen molar-refractivity contribution in [2.75, 3.05) is 6.26 Å². The highest BCUT2D eigenvalue weighted by molar-refractivity contribution is 7.98. The van der Waals surface area contributed by atoms with Gasteiger partial charge >= 0.3 is 0 Å². The van der Waals surface area contributed by atoms with Crippen LogP contribution in [-0.4, -0.2) is 6.26 Å². The molecule has 1 aromatic rings. The maximum atomic E-state index is 2.10. The molecule has 0 saturated heterocycles. The maximum Gasteiger partial charge on any atom is 0.239 e. The molecular weight excluding hydrogens is 130 g/mol. The van der Waals surface area contributed by atoms with Crippen LogP contribution in [0.1, 0.15) is 0 Å². The van der Waals surface area contributed by atoms with Crippen LogP contribution in [0.4, 0.5) is 0 Å². The van der Waals surface area contributed by atoms with Crippen LogP contribution in [0.2, 0.25) is 0 Å². The molecule has 0 atom stereocenters. The van der Waals surface area contributed by atoms with Crippen molar-refractivity contribution in [3.8, 4) is 0 Å². The molecule has 0 saturated carbocycles. The second-order valence-corrected chi connectivity index (χ2v) is 2.68. The molecule has 0 fully saturated rings. The van der Waals surface area contributed by atoms with Gasteiger partial charge in [-0.15, -0.1) is 0 Å². The molecule has 0 aliphatic heterocycles. The third kappa shape index (κ3) is 1.45. The first kappa shape index (κ1) is 6.62. The lowest BCUT2D eigenvalue weighted by Crippen LogP contribution is -2.29. The van der Waals surface area contributed by atoms with E-state index in [0.29, 0.717) is 0 Å². The quantitative estimate of drug-likeness (QED) is 0.419. The fraction of sp³-hybridized carbons (Fsp3) is 0.286. The van der Waals surface area contributed by atoms with E-state index in [1.54, 1.807) is 11.8 Å². The maximum absolute atomic E-state index is 2.10. The van der Waals surface area contributed by atoms with Crippen molar-refractivity contribution < 1.29 is 4.57 Å². The van der Waals surface area contributed by atoms with Gasteiger partial charge in [0.05, 0.1) is 0 Å². The zero-order valence-electron chi connectivity index (χ0n) is 5.66. The fourth-order valence-corrected chi connectivity index (χ4v) is 1.28. The summed E-state index contributed by atoms with van der Waals surface area (Å²) in [4.78, 5) is 0. The SMILES string of the molecule is CSc1cccc[n+]1C. The molecule has 1 heterocycles. The number of aryl methyl sites for hydroxylation is 1.